The highest BCUT2D eigenvalue weighted by atomic mass is 16.5. The van der Waals surface area contributed by atoms with Crippen molar-refractivity contribution in [3.8, 4) is 29.5 Å². The van der Waals surface area contributed by atoms with E-state index in [-0.39, 0.29) is 18.2 Å². The lowest BCUT2D eigenvalue weighted by Crippen LogP contribution is -2.22. The molecule has 0 saturated heterocycles. The van der Waals surface area contributed by atoms with Crippen molar-refractivity contribution >= 4 is 5.82 Å². The highest BCUT2D eigenvalue weighted by Crippen LogP contribution is 2.27. The maximum atomic E-state index is 12.1. The van der Waals surface area contributed by atoms with Gasteiger partial charge >= 0.3 is 5.69 Å². The van der Waals surface area contributed by atoms with E-state index >= 15 is 0 Å². The Balaban J connectivity index is 1.50. The van der Waals surface area contributed by atoms with Gasteiger partial charge in [0.05, 0.1) is 17.2 Å². The van der Waals surface area contributed by atoms with Gasteiger partial charge in [0.15, 0.2) is 0 Å². The third-order valence-electron chi connectivity index (χ3n) is 4.76. The second-order valence-corrected chi connectivity index (χ2v) is 6.78. The van der Waals surface area contributed by atoms with Crippen LogP contribution in [-0.2, 0) is 13.2 Å². The smallest absolute Gasteiger partial charge is 0.352 e. The number of nitrogens with zero attached hydrogens (tertiary/aromatic N) is 5. The van der Waals surface area contributed by atoms with Crippen molar-refractivity contribution in [2.45, 2.75) is 13.2 Å². The van der Waals surface area contributed by atoms with Crippen LogP contribution in [0.4, 0.5) is 5.82 Å². The van der Waals surface area contributed by atoms with Gasteiger partial charge in [0, 0.05) is 26.2 Å². The largest absolute Gasteiger partial charge is 0.473 e. The Morgan fingerprint density at radius 2 is 1.97 bits per heavy atom. The van der Waals surface area contributed by atoms with E-state index in [0.717, 1.165) is 17.9 Å². The van der Waals surface area contributed by atoms with Crippen LogP contribution in [0.2, 0.25) is 0 Å². The highest BCUT2D eigenvalue weighted by molar-refractivity contribution is 5.48. The van der Waals surface area contributed by atoms with Crippen molar-refractivity contribution in [1.82, 2.24) is 9.55 Å². The number of ether oxygens (including phenoxy) is 2. The van der Waals surface area contributed by atoms with E-state index in [2.05, 4.69) is 17.1 Å². The number of hydrogen-bond donors (Lipinski definition) is 0. The molecule has 0 unspecified atom stereocenters. The normalized spacial score (nSPS) is 12.0. The maximum Gasteiger partial charge on any atom is 0.352 e. The molecule has 2 heterocycles. The van der Waals surface area contributed by atoms with Crippen molar-refractivity contribution in [2.75, 3.05) is 18.5 Å². The van der Waals surface area contributed by atoms with Gasteiger partial charge in [-0.3, -0.25) is 4.57 Å². The molecule has 1 aliphatic heterocycles. The zero-order valence-electron chi connectivity index (χ0n) is 16.2. The van der Waals surface area contributed by atoms with Gasteiger partial charge in [-0.2, -0.15) is 15.5 Å². The number of benzene rings is 2. The first kappa shape index (κ1) is 19.0. The van der Waals surface area contributed by atoms with Gasteiger partial charge in [-0.25, -0.2) is 4.79 Å². The van der Waals surface area contributed by atoms with Gasteiger partial charge in [-0.05, 0) is 35.9 Å². The van der Waals surface area contributed by atoms with Crippen molar-refractivity contribution in [3.63, 3.8) is 0 Å². The summed E-state index contributed by atoms with van der Waals surface area (Å²) >= 11 is 0. The zero-order chi connectivity index (χ0) is 21.1. The molecule has 148 valence electrons. The van der Waals surface area contributed by atoms with Gasteiger partial charge < -0.3 is 14.4 Å². The number of nitriles is 2. The number of likely N-dealkylation sites (N-methyl/N-ethyl adjacent to an activating group) is 1. The Morgan fingerprint density at radius 3 is 2.77 bits per heavy atom. The minimum absolute atomic E-state index is 0.151. The number of hydrogen-bond acceptors (Lipinski definition) is 7. The first-order chi connectivity index (χ1) is 14.6. The first-order valence-corrected chi connectivity index (χ1v) is 9.24. The van der Waals surface area contributed by atoms with Gasteiger partial charge in [0.25, 0.3) is 0 Å². The summed E-state index contributed by atoms with van der Waals surface area (Å²) in [5.41, 5.74) is 1.20. The molecule has 0 fully saturated rings. The second kappa shape index (κ2) is 7.98. The number of fused-ring (bicyclic) bond motifs is 1. The van der Waals surface area contributed by atoms with Crippen molar-refractivity contribution in [1.29, 1.82) is 10.5 Å². The van der Waals surface area contributed by atoms with Gasteiger partial charge in [0.2, 0.25) is 5.88 Å². The SMILES string of the molecule is CN1CCn2c1cc(OCc1ccc(Oc3cccc(C#N)c3)c(C#N)c1)nc2=O. The fourth-order valence-electron chi connectivity index (χ4n) is 3.19. The molecule has 4 rings (SSSR count). The highest BCUT2D eigenvalue weighted by Gasteiger charge is 2.19. The molecule has 30 heavy (non-hydrogen) atoms. The monoisotopic (exact) mass is 399 g/mol. The molecule has 0 N–H and O–H groups in total. The molecule has 1 aromatic heterocycles. The molecule has 8 heteroatoms. The molecular weight excluding hydrogens is 382 g/mol. The third-order valence-corrected chi connectivity index (χ3v) is 4.76. The van der Waals surface area contributed by atoms with Crippen molar-refractivity contribution in [2.24, 2.45) is 0 Å². The minimum Gasteiger partial charge on any atom is -0.473 e. The summed E-state index contributed by atoms with van der Waals surface area (Å²) in [6.07, 6.45) is 0. The summed E-state index contributed by atoms with van der Waals surface area (Å²) in [5, 5.41) is 18.5. The Hall–Kier alpha value is -4.30. The standard InChI is InChI=1S/C22H17N5O3/c1-26-7-8-27-21(26)11-20(25-22(27)28)29-14-16-5-6-19(17(9-16)13-24)30-18-4-2-3-15(10-18)12-23/h2-6,9-11H,7-8,14H2,1H3. The quantitative estimate of drug-likeness (QED) is 0.650. The number of aromatic nitrogens is 2. The summed E-state index contributed by atoms with van der Waals surface area (Å²) in [4.78, 5) is 18.1. The van der Waals surface area contributed by atoms with Crippen LogP contribution in [0.15, 0.2) is 53.3 Å². The van der Waals surface area contributed by atoms with Crippen LogP contribution in [0.1, 0.15) is 16.7 Å². The molecule has 2 aromatic carbocycles. The van der Waals surface area contributed by atoms with Gasteiger partial charge in [0.1, 0.15) is 30.0 Å². The van der Waals surface area contributed by atoms with Crippen molar-refractivity contribution < 1.29 is 9.47 Å². The molecule has 0 amide bonds. The van der Waals surface area contributed by atoms with Crippen LogP contribution >= 0.6 is 0 Å². The lowest BCUT2D eigenvalue weighted by Gasteiger charge is -2.13. The summed E-state index contributed by atoms with van der Waals surface area (Å²) in [7, 11) is 1.91. The Morgan fingerprint density at radius 1 is 1.10 bits per heavy atom. The summed E-state index contributed by atoms with van der Waals surface area (Å²) in [6.45, 7) is 1.52. The summed E-state index contributed by atoms with van der Waals surface area (Å²) < 4.78 is 13.1. The maximum absolute atomic E-state index is 12.1. The Labute approximate surface area is 172 Å². The fourth-order valence-corrected chi connectivity index (χ4v) is 3.19. The second-order valence-electron chi connectivity index (χ2n) is 6.78. The molecule has 3 aromatic rings. The van der Waals surface area contributed by atoms with E-state index in [1.165, 1.54) is 0 Å². The van der Waals surface area contributed by atoms with E-state index in [9.17, 15) is 10.1 Å². The van der Waals surface area contributed by atoms with Gasteiger partial charge in [-0.1, -0.05) is 12.1 Å². The summed E-state index contributed by atoms with van der Waals surface area (Å²) in [5.74, 6) is 1.87. The molecule has 0 atom stereocenters. The van der Waals surface area contributed by atoms with E-state index in [4.69, 9.17) is 14.7 Å². The zero-order valence-corrected chi connectivity index (χ0v) is 16.2. The Bertz CT molecular complexity index is 1250. The van der Waals surface area contributed by atoms with Gasteiger partial charge in [-0.15, -0.1) is 0 Å². The van der Waals surface area contributed by atoms with E-state index in [1.54, 1.807) is 53.1 Å². The van der Waals surface area contributed by atoms with E-state index in [1.807, 2.05) is 11.9 Å². The molecule has 0 spiro atoms. The van der Waals surface area contributed by atoms with Crippen LogP contribution in [-0.4, -0.2) is 23.1 Å². The third kappa shape index (κ3) is 3.80. The minimum atomic E-state index is -0.340. The number of anilines is 1. The predicted molar refractivity (Wildman–Crippen MR) is 108 cm³/mol. The van der Waals surface area contributed by atoms with Crippen molar-refractivity contribution in [3.05, 3.63) is 75.7 Å². The van der Waals surface area contributed by atoms with Crippen LogP contribution in [0.3, 0.4) is 0 Å². The van der Waals surface area contributed by atoms with E-state index < -0.39 is 0 Å². The summed E-state index contributed by atoms with van der Waals surface area (Å²) in [6, 6.07) is 17.7. The predicted octanol–water partition coefficient (Wildman–Crippen LogP) is 2.81. The van der Waals surface area contributed by atoms with Crippen LogP contribution in [0.25, 0.3) is 0 Å². The molecule has 0 radical (unpaired) electrons. The number of rotatable bonds is 5. The average Bonchev–Trinajstić information content (AvgIpc) is 3.14. The van der Waals surface area contributed by atoms with Crippen LogP contribution in [0, 0.1) is 22.7 Å². The van der Waals surface area contributed by atoms with E-state index in [0.29, 0.717) is 29.2 Å². The molecule has 0 saturated carbocycles. The van der Waals surface area contributed by atoms with Crippen LogP contribution in [0.5, 0.6) is 17.4 Å². The average molecular weight is 399 g/mol. The molecule has 0 aliphatic carbocycles. The lowest BCUT2D eigenvalue weighted by atomic mass is 10.1. The molecule has 8 nitrogen and oxygen atoms in total. The molecule has 0 bridgehead atoms. The molecule has 1 aliphatic rings. The molecular formula is C22H17N5O3. The lowest BCUT2D eigenvalue weighted by molar-refractivity contribution is 0.291. The first-order valence-electron chi connectivity index (χ1n) is 9.24. The fraction of sp³-hybridized carbons (Fsp3) is 0.182. The Kier molecular flexibility index (Phi) is 5.06. The topological polar surface area (TPSA) is 104 Å². The van der Waals surface area contributed by atoms with Crippen LogP contribution < -0.4 is 20.1 Å².